The van der Waals surface area contributed by atoms with Gasteiger partial charge in [-0.15, -0.1) is 10.2 Å². The number of hydrogen-bond donors (Lipinski definition) is 0. The van der Waals surface area contributed by atoms with Crippen molar-refractivity contribution in [2.24, 2.45) is 0 Å². The molecule has 6 nitrogen and oxygen atoms in total. The summed E-state index contributed by atoms with van der Waals surface area (Å²) in [7, 11) is 0. The van der Waals surface area contributed by atoms with Gasteiger partial charge in [-0.1, -0.05) is 72.4 Å². The Kier molecular flexibility index (Phi) is 5.56. The number of para-hydroxylation sites is 2. The third-order valence-electron chi connectivity index (χ3n) is 5.26. The standard InChI is InChI=1S/C25H21N5OS/c1-18-26-22-15-9-8-14-21(22)24-27-28-25(30(18)24)32-17-23(31)29(20-12-6-3-7-13-20)16-19-10-4-2-5-11-19/h2-15H,16-17H2,1H3. The molecule has 0 bridgehead atoms. The second-order valence-electron chi connectivity index (χ2n) is 7.41. The third-order valence-corrected chi connectivity index (χ3v) is 6.18. The second-order valence-corrected chi connectivity index (χ2v) is 8.35. The lowest BCUT2D eigenvalue weighted by Crippen LogP contribution is -2.32. The van der Waals surface area contributed by atoms with Crippen LogP contribution in [0.15, 0.2) is 90.1 Å². The van der Waals surface area contributed by atoms with Gasteiger partial charge < -0.3 is 4.90 Å². The van der Waals surface area contributed by atoms with Crippen LogP contribution in [0.4, 0.5) is 5.69 Å². The summed E-state index contributed by atoms with van der Waals surface area (Å²) in [5.41, 5.74) is 3.59. The first kappa shape index (κ1) is 20.2. The summed E-state index contributed by atoms with van der Waals surface area (Å²) >= 11 is 1.38. The topological polar surface area (TPSA) is 63.4 Å². The molecule has 1 amide bonds. The number of fused-ring (bicyclic) bond motifs is 3. The Bertz CT molecular complexity index is 1390. The zero-order valence-electron chi connectivity index (χ0n) is 17.5. The van der Waals surface area contributed by atoms with Crippen LogP contribution >= 0.6 is 11.8 Å². The summed E-state index contributed by atoms with van der Waals surface area (Å²) in [5.74, 6) is 1.05. The van der Waals surface area contributed by atoms with Crippen molar-refractivity contribution >= 4 is 39.9 Å². The van der Waals surface area contributed by atoms with Gasteiger partial charge in [0.1, 0.15) is 5.82 Å². The lowest BCUT2D eigenvalue weighted by atomic mass is 10.2. The number of thioether (sulfide) groups is 1. The Balaban J connectivity index is 1.42. The molecule has 0 atom stereocenters. The van der Waals surface area contributed by atoms with Gasteiger partial charge in [0.15, 0.2) is 10.8 Å². The number of aromatic nitrogens is 4. The fourth-order valence-electron chi connectivity index (χ4n) is 3.72. The zero-order valence-corrected chi connectivity index (χ0v) is 18.4. The lowest BCUT2D eigenvalue weighted by Gasteiger charge is -2.23. The molecule has 0 aliphatic heterocycles. The van der Waals surface area contributed by atoms with E-state index in [0.29, 0.717) is 11.7 Å². The van der Waals surface area contributed by atoms with E-state index in [2.05, 4.69) is 15.2 Å². The van der Waals surface area contributed by atoms with Crippen molar-refractivity contribution in [1.82, 2.24) is 19.6 Å². The maximum Gasteiger partial charge on any atom is 0.237 e. The maximum atomic E-state index is 13.3. The number of hydrogen-bond acceptors (Lipinski definition) is 5. The molecule has 158 valence electrons. The number of anilines is 1. The molecule has 5 aromatic rings. The van der Waals surface area contributed by atoms with Crippen LogP contribution < -0.4 is 4.90 Å². The number of rotatable bonds is 6. The van der Waals surface area contributed by atoms with Crippen LogP contribution in [-0.4, -0.2) is 31.2 Å². The Morgan fingerprint density at radius 2 is 1.59 bits per heavy atom. The van der Waals surface area contributed by atoms with Crippen LogP contribution in [0.3, 0.4) is 0 Å². The first-order chi connectivity index (χ1) is 15.7. The zero-order chi connectivity index (χ0) is 21.9. The highest BCUT2D eigenvalue weighted by molar-refractivity contribution is 7.99. The highest BCUT2D eigenvalue weighted by atomic mass is 32.2. The van der Waals surface area contributed by atoms with Crippen molar-refractivity contribution in [2.45, 2.75) is 18.6 Å². The van der Waals surface area contributed by atoms with Crippen molar-refractivity contribution in [3.8, 4) is 0 Å². The second kappa shape index (κ2) is 8.80. The summed E-state index contributed by atoms with van der Waals surface area (Å²) in [5, 5.41) is 10.4. The molecule has 2 aromatic heterocycles. The average Bonchev–Trinajstić information content (AvgIpc) is 3.27. The van der Waals surface area contributed by atoms with E-state index >= 15 is 0 Å². The first-order valence-corrected chi connectivity index (χ1v) is 11.3. The van der Waals surface area contributed by atoms with Gasteiger partial charge in [0.2, 0.25) is 5.91 Å². The molecule has 0 unspecified atom stereocenters. The van der Waals surface area contributed by atoms with E-state index in [1.54, 1.807) is 0 Å². The molecule has 0 fully saturated rings. The molecule has 3 aromatic carbocycles. The van der Waals surface area contributed by atoms with Gasteiger partial charge in [-0.25, -0.2) is 4.98 Å². The first-order valence-electron chi connectivity index (χ1n) is 10.3. The molecule has 2 heterocycles. The summed E-state index contributed by atoms with van der Waals surface area (Å²) < 4.78 is 1.92. The molecule has 0 N–H and O–H groups in total. The molecule has 0 saturated heterocycles. The molecular formula is C25H21N5OS. The molecule has 0 radical (unpaired) electrons. The van der Waals surface area contributed by atoms with Crippen LogP contribution in [-0.2, 0) is 11.3 Å². The molecule has 32 heavy (non-hydrogen) atoms. The summed E-state index contributed by atoms with van der Waals surface area (Å²) in [4.78, 5) is 19.8. The van der Waals surface area contributed by atoms with Gasteiger partial charge >= 0.3 is 0 Å². The number of aryl methyl sites for hydroxylation is 1. The molecule has 0 saturated carbocycles. The highest BCUT2D eigenvalue weighted by Crippen LogP contribution is 2.25. The van der Waals surface area contributed by atoms with E-state index in [1.807, 2.05) is 101 Å². The summed E-state index contributed by atoms with van der Waals surface area (Å²) in [6.45, 7) is 2.44. The largest absolute Gasteiger partial charge is 0.307 e. The molecule has 0 aliphatic rings. The van der Waals surface area contributed by atoms with E-state index in [1.165, 1.54) is 11.8 Å². The fraction of sp³-hybridized carbons (Fsp3) is 0.120. The predicted octanol–water partition coefficient (Wildman–Crippen LogP) is 4.91. The summed E-state index contributed by atoms with van der Waals surface area (Å²) in [6.07, 6.45) is 0. The number of carbonyl (C=O) groups is 1. The van der Waals surface area contributed by atoms with E-state index in [0.717, 1.165) is 33.6 Å². The van der Waals surface area contributed by atoms with Crippen molar-refractivity contribution in [1.29, 1.82) is 0 Å². The van der Waals surface area contributed by atoms with Gasteiger partial charge in [-0.2, -0.15) is 0 Å². The molecule has 5 rings (SSSR count). The van der Waals surface area contributed by atoms with E-state index in [-0.39, 0.29) is 11.7 Å². The van der Waals surface area contributed by atoms with Gasteiger partial charge in [0.25, 0.3) is 0 Å². The van der Waals surface area contributed by atoms with Gasteiger partial charge in [0, 0.05) is 11.1 Å². The predicted molar refractivity (Wildman–Crippen MR) is 128 cm³/mol. The Labute approximate surface area is 189 Å². The van der Waals surface area contributed by atoms with Gasteiger partial charge in [-0.3, -0.25) is 9.20 Å². The van der Waals surface area contributed by atoms with Crippen LogP contribution in [0.5, 0.6) is 0 Å². The quantitative estimate of drug-likeness (QED) is 0.352. The van der Waals surface area contributed by atoms with Crippen molar-refractivity contribution in [3.63, 3.8) is 0 Å². The number of amides is 1. The van der Waals surface area contributed by atoms with Crippen molar-refractivity contribution < 1.29 is 4.79 Å². The average molecular weight is 440 g/mol. The summed E-state index contributed by atoms with van der Waals surface area (Å²) in [6, 6.07) is 27.6. The number of carbonyl (C=O) groups excluding carboxylic acids is 1. The van der Waals surface area contributed by atoms with Crippen LogP contribution in [0.25, 0.3) is 16.6 Å². The Hall–Kier alpha value is -3.71. The van der Waals surface area contributed by atoms with E-state index in [9.17, 15) is 4.79 Å². The van der Waals surface area contributed by atoms with Gasteiger partial charge in [0.05, 0.1) is 17.8 Å². The monoisotopic (exact) mass is 439 g/mol. The SMILES string of the molecule is Cc1nc2ccccc2c2nnc(SCC(=O)N(Cc3ccccc3)c3ccccc3)n12. The van der Waals surface area contributed by atoms with Crippen LogP contribution in [0.1, 0.15) is 11.4 Å². The van der Waals surface area contributed by atoms with E-state index < -0.39 is 0 Å². The van der Waals surface area contributed by atoms with E-state index in [4.69, 9.17) is 0 Å². The minimum atomic E-state index is 0.00760. The van der Waals surface area contributed by atoms with Crippen molar-refractivity contribution in [3.05, 3.63) is 96.3 Å². The van der Waals surface area contributed by atoms with Crippen molar-refractivity contribution in [2.75, 3.05) is 10.7 Å². The smallest absolute Gasteiger partial charge is 0.237 e. The molecule has 7 heteroatoms. The van der Waals surface area contributed by atoms with Crippen LogP contribution in [0.2, 0.25) is 0 Å². The Morgan fingerprint density at radius 1 is 0.906 bits per heavy atom. The lowest BCUT2D eigenvalue weighted by molar-refractivity contribution is -0.116. The van der Waals surface area contributed by atoms with Crippen LogP contribution in [0, 0.1) is 6.92 Å². The minimum Gasteiger partial charge on any atom is -0.307 e. The molecule has 0 aliphatic carbocycles. The maximum absolute atomic E-state index is 13.3. The molecular weight excluding hydrogens is 418 g/mol. The highest BCUT2D eigenvalue weighted by Gasteiger charge is 2.19. The third kappa shape index (κ3) is 3.94. The number of benzene rings is 3. The fourth-order valence-corrected chi connectivity index (χ4v) is 4.57. The molecule has 0 spiro atoms. The minimum absolute atomic E-state index is 0.00760. The number of nitrogens with zero attached hydrogens (tertiary/aromatic N) is 5. The Morgan fingerprint density at radius 3 is 2.38 bits per heavy atom. The normalized spacial score (nSPS) is 11.2. The van der Waals surface area contributed by atoms with Gasteiger partial charge in [-0.05, 0) is 36.8 Å².